The van der Waals surface area contributed by atoms with Crippen LogP contribution in [0.3, 0.4) is 0 Å². The van der Waals surface area contributed by atoms with E-state index >= 15 is 0 Å². The number of rotatable bonds is 1. The van der Waals surface area contributed by atoms with Gasteiger partial charge >= 0.3 is 0 Å². The molecule has 0 aliphatic carbocycles. The van der Waals surface area contributed by atoms with Crippen molar-refractivity contribution < 1.29 is 0 Å². The van der Waals surface area contributed by atoms with Crippen LogP contribution in [0.25, 0.3) is 0 Å². The standard InChI is InChI=1S/C12H21N3.2ClH/c1-12(2,3)10-8-15-6-4-5-9(7-13)11(15)14-10;;/h8-9H,4-7,13H2,1-3H3;2*1H. The van der Waals surface area contributed by atoms with Gasteiger partial charge in [0.2, 0.25) is 0 Å². The van der Waals surface area contributed by atoms with Crippen LogP contribution in [0.4, 0.5) is 0 Å². The van der Waals surface area contributed by atoms with E-state index in [2.05, 4.69) is 31.5 Å². The van der Waals surface area contributed by atoms with Crippen LogP contribution in [0.1, 0.15) is 51.0 Å². The van der Waals surface area contributed by atoms with E-state index in [1.165, 1.54) is 24.4 Å². The molecule has 0 saturated heterocycles. The predicted molar refractivity (Wildman–Crippen MR) is 76.5 cm³/mol. The predicted octanol–water partition coefficient (Wildman–Crippen LogP) is 2.86. The Balaban J connectivity index is 0.00000128. The Morgan fingerprint density at radius 2 is 2.06 bits per heavy atom. The number of halogens is 2. The van der Waals surface area contributed by atoms with Crippen LogP contribution in [-0.4, -0.2) is 16.1 Å². The number of fused-ring (bicyclic) bond motifs is 1. The first kappa shape index (κ1) is 16.8. The van der Waals surface area contributed by atoms with Crippen LogP contribution in [0.15, 0.2) is 6.20 Å². The van der Waals surface area contributed by atoms with Crippen LogP contribution in [0, 0.1) is 0 Å². The van der Waals surface area contributed by atoms with E-state index in [9.17, 15) is 0 Å². The van der Waals surface area contributed by atoms with E-state index in [-0.39, 0.29) is 30.2 Å². The highest BCUT2D eigenvalue weighted by Crippen LogP contribution is 2.29. The second-order valence-corrected chi connectivity index (χ2v) is 5.50. The molecule has 2 rings (SSSR count). The van der Waals surface area contributed by atoms with Gasteiger partial charge in [0.15, 0.2) is 0 Å². The molecule has 5 heteroatoms. The number of hydrogen-bond donors (Lipinski definition) is 1. The van der Waals surface area contributed by atoms with E-state index in [0.29, 0.717) is 5.92 Å². The number of nitrogens with zero attached hydrogens (tertiary/aromatic N) is 2. The van der Waals surface area contributed by atoms with Gasteiger partial charge in [0.25, 0.3) is 0 Å². The molecule has 1 aliphatic heterocycles. The van der Waals surface area contributed by atoms with Crippen molar-refractivity contribution in [1.29, 1.82) is 0 Å². The lowest BCUT2D eigenvalue weighted by molar-refractivity contribution is 0.448. The first-order valence-corrected chi connectivity index (χ1v) is 5.80. The molecule has 0 spiro atoms. The van der Waals surface area contributed by atoms with Gasteiger partial charge in [0.1, 0.15) is 5.82 Å². The molecule has 0 fully saturated rings. The minimum absolute atomic E-state index is 0. The normalized spacial score (nSPS) is 18.9. The fraction of sp³-hybridized carbons (Fsp3) is 0.750. The summed E-state index contributed by atoms with van der Waals surface area (Å²) in [6, 6.07) is 0. The van der Waals surface area contributed by atoms with Crippen molar-refractivity contribution in [2.75, 3.05) is 6.54 Å². The Hall–Kier alpha value is -0.250. The monoisotopic (exact) mass is 279 g/mol. The molecular formula is C12H23Cl2N3. The third-order valence-electron chi connectivity index (χ3n) is 3.18. The van der Waals surface area contributed by atoms with Crippen molar-refractivity contribution in [2.45, 2.75) is 51.5 Å². The summed E-state index contributed by atoms with van der Waals surface area (Å²) in [6.45, 7) is 8.45. The average molecular weight is 280 g/mol. The zero-order valence-electron chi connectivity index (χ0n) is 10.8. The van der Waals surface area contributed by atoms with Crippen LogP contribution < -0.4 is 5.73 Å². The highest BCUT2D eigenvalue weighted by atomic mass is 35.5. The summed E-state index contributed by atoms with van der Waals surface area (Å²) in [4.78, 5) is 4.76. The zero-order chi connectivity index (χ0) is 11.1. The smallest absolute Gasteiger partial charge is 0.113 e. The Bertz CT molecular complexity index is 355. The van der Waals surface area contributed by atoms with Gasteiger partial charge in [0, 0.05) is 30.6 Å². The molecule has 1 aromatic rings. The van der Waals surface area contributed by atoms with Crippen molar-refractivity contribution >= 4 is 24.8 Å². The molecule has 0 saturated carbocycles. The third kappa shape index (κ3) is 3.36. The maximum atomic E-state index is 5.78. The molecule has 0 amide bonds. The molecule has 100 valence electrons. The first-order chi connectivity index (χ1) is 7.02. The quantitative estimate of drug-likeness (QED) is 0.859. The second kappa shape index (κ2) is 6.07. The minimum Gasteiger partial charge on any atom is -0.334 e. The summed E-state index contributed by atoms with van der Waals surface area (Å²) in [5, 5.41) is 0. The fourth-order valence-electron chi connectivity index (χ4n) is 2.16. The largest absolute Gasteiger partial charge is 0.334 e. The summed E-state index contributed by atoms with van der Waals surface area (Å²) in [7, 11) is 0. The average Bonchev–Trinajstić information content (AvgIpc) is 2.59. The van der Waals surface area contributed by atoms with E-state index in [0.717, 1.165) is 13.1 Å². The number of imidazole rings is 1. The maximum Gasteiger partial charge on any atom is 0.113 e. The lowest BCUT2D eigenvalue weighted by atomic mass is 9.93. The number of hydrogen-bond acceptors (Lipinski definition) is 2. The van der Waals surface area contributed by atoms with E-state index in [1.807, 2.05) is 0 Å². The number of aromatic nitrogens is 2. The molecule has 0 radical (unpaired) electrons. The van der Waals surface area contributed by atoms with Gasteiger partial charge in [-0.05, 0) is 12.8 Å². The van der Waals surface area contributed by atoms with Gasteiger partial charge in [-0.15, -0.1) is 24.8 Å². The Kier molecular flexibility index (Phi) is 5.99. The molecule has 3 nitrogen and oxygen atoms in total. The SMILES string of the molecule is CC(C)(C)c1cn2c(n1)C(CN)CCC2.Cl.Cl. The van der Waals surface area contributed by atoms with Crippen molar-refractivity contribution in [2.24, 2.45) is 5.73 Å². The van der Waals surface area contributed by atoms with E-state index in [4.69, 9.17) is 10.7 Å². The van der Waals surface area contributed by atoms with Crippen molar-refractivity contribution in [3.63, 3.8) is 0 Å². The van der Waals surface area contributed by atoms with Gasteiger partial charge in [-0.3, -0.25) is 0 Å². The summed E-state index contributed by atoms with van der Waals surface area (Å²) in [6.07, 6.45) is 4.63. The van der Waals surface area contributed by atoms with Gasteiger partial charge in [-0.2, -0.15) is 0 Å². The topological polar surface area (TPSA) is 43.8 Å². The van der Waals surface area contributed by atoms with Gasteiger partial charge in [-0.25, -0.2) is 4.98 Å². The van der Waals surface area contributed by atoms with Gasteiger partial charge in [0.05, 0.1) is 5.69 Å². The highest BCUT2D eigenvalue weighted by molar-refractivity contribution is 5.85. The number of nitrogens with two attached hydrogens (primary N) is 1. The second-order valence-electron chi connectivity index (χ2n) is 5.50. The van der Waals surface area contributed by atoms with Crippen LogP contribution in [0.2, 0.25) is 0 Å². The van der Waals surface area contributed by atoms with Crippen LogP contribution in [0.5, 0.6) is 0 Å². The Morgan fingerprint density at radius 1 is 1.41 bits per heavy atom. The van der Waals surface area contributed by atoms with E-state index < -0.39 is 0 Å². The Morgan fingerprint density at radius 3 is 2.59 bits per heavy atom. The van der Waals surface area contributed by atoms with Crippen molar-refractivity contribution in [3.8, 4) is 0 Å². The van der Waals surface area contributed by atoms with Crippen molar-refractivity contribution in [1.82, 2.24) is 9.55 Å². The zero-order valence-corrected chi connectivity index (χ0v) is 12.4. The van der Waals surface area contributed by atoms with Crippen molar-refractivity contribution in [3.05, 3.63) is 17.7 Å². The molecule has 0 aromatic carbocycles. The van der Waals surface area contributed by atoms with Gasteiger partial charge in [-0.1, -0.05) is 20.8 Å². The molecule has 2 N–H and O–H groups in total. The molecule has 0 bridgehead atoms. The van der Waals surface area contributed by atoms with Crippen LogP contribution in [-0.2, 0) is 12.0 Å². The highest BCUT2D eigenvalue weighted by Gasteiger charge is 2.25. The first-order valence-electron chi connectivity index (χ1n) is 5.80. The lowest BCUT2D eigenvalue weighted by Gasteiger charge is -2.21. The van der Waals surface area contributed by atoms with E-state index in [1.54, 1.807) is 0 Å². The summed E-state index contributed by atoms with van der Waals surface area (Å²) >= 11 is 0. The maximum absolute atomic E-state index is 5.78. The fourth-order valence-corrected chi connectivity index (χ4v) is 2.16. The molecule has 1 aliphatic rings. The number of aryl methyl sites for hydroxylation is 1. The molecule has 1 aromatic heterocycles. The summed E-state index contributed by atoms with van der Waals surface area (Å²) < 4.78 is 2.29. The molecule has 2 heterocycles. The summed E-state index contributed by atoms with van der Waals surface area (Å²) in [5.74, 6) is 1.67. The molecular weight excluding hydrogens is 257 g/mol. The Labute approximate surface area is 116 Å². The van der Waals surface area contributed by atoms with Crippen LogP contribution >= 0.6 is 24.8 Å². The minimum atomic E-state index is 0. The lowest BCUT2D eigenvalue weighted by Crippen LogP contribution is -2.22. The summed E-state index contributed by atoms with van der Waals surface area (Å²) in [5.41, 5.74) is 7.12. The molecule has 1 unspecified atom stereocenters. The molecule has 17 heavy (non-hydrogen) atoms. The molecule has 1 atom stereocenters. The third-order valence-corrected chi connectivity index (χ3v) is 3.18. The van der Waals surface area contributed by atoms with Gasteiger partial charge < -0.3 is 10.3 Å².